The van der Waals surface area contributed by atoms with Crippen LogP contribution in [0.5, 0.6) is 5.75 Å². The minimum absolute atomic E-state index is 0. The molecule has 3 rings (SSSR count). The van der Waals surface area contributed by atoms with E-state index in [1.165, 1.54) is 12.1 Å². The van der Waals surface area contributed by atoms with Crippen LogP contribution in [0, 0.1) is 20.2 Å². The van der Waals surface area contributed by atoms with E-state index in [9.17, 15) is 43.3 Å². The fourth-order valence-corrected chi connectivity index (χ4v) is 3.09. The van der Waals surface area contributed by atoms with Crippen LogP contribution in [0.2, 0.25) is 0 Å². The molecule has 0 aliphatic carbocycles. The van der Waals surface area contributed by atoms with Crippen LogP contribution in [0.3, 0.4) is 0 Å². The van der Waals surface area contributed by atoms with Crippen molar-refractivity contribution in [2.75, 3.05) is 10.9 Å². The summed E-state index contributed by atoms with van der Waals surface area (Å²) in [5, 5.41) is 38.3. The number of benzene rings is 3. The molecule has 0 saturated carbocycles. The first-order valence-electron chi connectivity index (χ1n) is 9.06. The van der Waals surface area contributed by atoms with Gasteiger partial charge in [0.15, 0.2) is 5.36 Å². The number of hydrogen-bond acceptors (Lipinski definition) is 13. The van der Waals surface area contributed by atoms with Gasteiger partial charge in [-0.15, -0.1) is 0 Å². The van der Waals surface area contributed by atoms with Crippen LogP contribution < -0.4 is 32.4 Å². The third-order valence-corrected chi connectivity index (χ3v) is 5.17. The summed E-state index contributed by atoms with van der Waals surface area (Å²) in [6.07, 6.45) is 0. The molecule has 0 aliphatic rings. The molecule has 16 nitrogen and oxygen atoms in total. The second-order valence-electron chi connectivity index (χ2n) is 6.58. The van der Waals surface area contributed by atoms with E-state index in [-0.39, 0.29) is 62.6 Å². The number of non-ortho nitro benzene ring substituents is 1. The SMILES string of the molecule is O=c1cc/c(=N/Nc2ccc(S(=O)(=O)O)cc2)c(=O)/c1=N\Nc1cc([N+](=O)[O-])cc([N+](=O)[O-])c1O.[Cu].[Na]. The van der Waals surface area contributed by atoms with E-state index in [0.29, 0.717) is 12.1 Å². The molecule has 192 valence electrons. The van der Waals surface area contributed by atoms with Gasteiger partial charge in [0, 0.05) is 52.7 Å². The van der Waals surface area contributed by atoms with Crippen LogP contribution in [-0.4, -0.2) is 57.5 Å². The molecule has 0 fully saturated rings. The number of phenolic OH excluding ortho intramolecular Hbond substituents is 1. The third kappa shape index (κ3) is 7.49. The Kier molecular flexibility index (Phi) is 10.8. The van der Waals surface area contributed by atoms with Gasteiger partial charge in [0.05, 0.1) is 26.5 Å². The first-order chi connectivity index (χ1) is 16.4. The van der Waals surface area contributed by atoms with Gasteiger partial charge >= 0.3 is 5.69 Å². The number of hydrogen-bond donors (Lipinski definition) is 4. The summed E-state index contributed by atoms with van der Waals surface area (Å²) in [5.74, 6) is -1.01. The minimum Gasteiger partial charge on any atom is -0.501 e. The van der Waals surface area contributed by atoms with Gasteiger partial charge in [0.2, 0.25) is 16.6 Å². The molecule has 0 heterocycles. The Labute approximate surface area is 237 Å². The Bertz CT molecular complexity index is 1690. The fourth-order valence-electron chi connectivity index (χ4n) is 2.61. The number of nitrogens with zero attached hydrogens (tertiary/aromatic N) is 4. The number of nitro benzene ring substituents is 2. The zero-order valence-corrected chi connectivity index (χ0v) is 22.0. The summed E-state index contributed by atoms with van der Waals surface area (Å²) in [6, 6.07) is 7.84. The number of nitrogens with one attached hydrogen (secondary N) is 2. The van der Waals surface area contributed by atoms with E-state index < -0.39 is 59.0 Å². The van der Waals surface area contributed by atoms with Gasteiger partial charge in [-0.25, -0.2) is 0 Å². The summed E-state index contributed by atoms with van der Waals surface area (Å²) in [5.41, 5.74) is 0.437. The van der Waals surface area contributed by atoms with Crippen LogP contribution in [0.4, 0.5) is 22.7 Å². The quantitative estimate of drug-likeness (QED) is 0.0896. The third-order valence-electron chi connectivity index (χ3n) is 4.30. The Morgan fingerprint density at radius 2 is 1.51 bits per heavy atom. The monoisotopic (exact) mass is 590 g/mol. The molecule has 3 aromatic rings. The summed E-state index contributed by atoms with van der Waals surface area (Å²) in [6.45, 7) is 0. The Balaban J connectivity index is 0.00000342. The van der Waals surface area contributed by atoms with Crippen molar-refractivity contribution < 1.29 is 45.0 Å². The second-order valence-corrected chi connectivity index (χ2v) is 8.00. The average molecular weight is 591 g/mol. The molecule has 0 unspecified atom stereocenters. The maximum Gasteiger partial charge on any atom is 0.319 e. The first-order valence-corrected chi connectivity index (χ1v) is 10.5. The van der Waals surface area contributed by atoms with Crippen molar-refractivity contribution in [1.29, 1.82) is 0 Å². The topological polar surface area (TPSA) is 244 Å². The second kappa shape index (κ2) is 12.6. The number of rotatable bonds is 7. The van der Waals surface area contributed by atoms with E-state index in [1.54, 1.807) is 0 Å². The van der Waals surface area contributed by atoms with Crippen molar-refractivity contribution >= 4 is 62.4 Å². The minimum atomic E-state index is -4.41. The molecule has 0 atom stereocenters. The summed E-state index contributed by atoms with van der Waals surface area (Å²) in [4.78, 5) is 44.3. The molecule has 3 aromatic carbocycles. The maximum atomic E-state index is 12.6. The van der Waals surface area contributed by atoms with Crippen molar-refractivity contribution in [3.8, 4) is 5.75 Å². The first kappa shape index (κ1) is 31.5. The summed E-state index contributed by atoms with van der Waals surface area (Å²) >= 11 is 0. The Hall–Kier alpha value is -3.51. The fraction of sp³-hybridized carbons (Fsp3) is 0. The molecule has 0 aliphatic heterocycles. The van der Waals surface area contributed by atoms with Crippen molar-refractivity contribution in [3.05, 3.63) is 99.9 Å². The number of aromatic hydroxyl groups is 1. The van der Waals surface area contributed by atoms with Crippen molar-refractivity contribution in [2.24, 2.45) is 10.2 Å². The number of anilines is 2. The zero-order valence-electron chi connectivity index (χ0n) is 18.3. The molecule has 0 amide bonds. The molecule has 19 heteroatoms. The van der Waals surface area contributed by atoms with Crippen LogP contribution >= 0.6 is 0 Å². The van der Waals surface area contributed by atoms with Crippen molar-refractivity contribution in [3.63, 3.8) is 0 Å². The van der Waals surface area contributed by atoms with Gasteiger partial charge in [0.1, 0.15) is 11.0 Å². The molecule has 37 heavy (non-hydrogen) atoms. The normalized spacial score (nSPS) is 11.7. The summed E-state index contributed by atoms with van der Waals surface area (Å²) < 4.78 is 31.1. The molecule has 4 N–H and O–H groups in total. The van der Waals surface area contributed by atoms with Gasteiger partial charge in [-0.05, 0) is 36.4 Å². The number of phenols is 1. The van der Waals surface area contributed by atoms with Gasteiger partial charge in [-0.2, -0.15) is 18.6 Å². The van der Waals surface area contributed by atoms with E-state index in [0.717, 1.165) is 24.3 Å². The van der Waals surface area contributed by atoms with Crippen LogP contribution in [0.25, 0.3) is 0 Å². The standard InChI is InChI=1S/C18H12N6O10S.Cu.Na/c25-15-6-5-12(20-19-9-1-3-11(4-2-9)35(32,33)34)18(27)16(15)22-21-13-7-10(23(28)29)8-14(17(13)26)24(30)31;;/h1-8,19,21,26H,(H,32,33,34);;/b20-12-,22-16-;;. The summed E-state index contributed by atoms with van der Waals surface area (Å²) in [7, 11) is -4.41. The predicted octanol–water partition coefficient (Wildman–Crippen LogP) is -0.476. The predicted molar refractivity (Wildman–Crippen MR) is 123 cm³/mol. The van der Waals surface area contributed by atoms with Crippen molar-refractivity contribution in [2.45, 2.75) is 4.90 Å². The number of nitro groups is 2. The Morgan fingerprint density at radius 1 is 0.892 bits per heavy atom. The molecule has 0 aromatic heterocycles. The molecule has 2 radical (unpaired) electrons. The largest absolute Gasteiger partial charge is 0.501 e. The van der Waals surface area contributed by atoms with Gasteiger partial charge in [-0.1, -0.05) is 0 Å². The molecular formula is C18H12CuN6NaO10S. The Morgan fingerprint density at radius 3 is 2.05 bits per heavy atom. The molecule has 0 bridgehead atoms. The van der Waals surface area contributed by atoms with Crippen LogP contribution in [0.15, 0.2) is 73.2 Å². The molecule has 0 spiro atoms. The maximum absolute atomic E-state index is 12.6. The van der Waals surface area contributed by atoms with E-state index in [1.807, 2.05) is 5.43 Å². The average Bonchev–Trinajstić information content (AvgIpc) is 2.78. The van der Waals surface area contributed by atoms with Gasteiger partial charge in [0.25, 0.3) is 15.8 Å². The van der Waals surface area contributed by atoms with E-state index in [2.05, 4.69) is 15.6 Å². The molecule has 0 saturated heterocycles. The smallest absolute Gasteiger partial charge is 0.319 e. The van der Waals surface area contributed by atoms with E-state index in [4.69, 9.17) is 4.55 Å². The zero-order chi connectivity index (χ0) is 25.9. The van der Waals surface area contributed by atoms with E-state index >= 15 is 0 Å². The van der Waals surface area contributed by atoms with Crippen molar-refractivity contribution in [1.82, 2.24) is 0 Å². The van der Waals surface area contributed by atoms with Gasteiger partial charge < -0.3 is 5.11 Å². The van der Waals surface area contributed by atoms with Crippen LogP contribution in [0.1, 0.15) is 0 Å². The molecular weight excluding hydrogens is 579 g/mol. The van der Waals surface area contributed by atoms with Gasteiger partial charge in [-0.3, -0.25) is 45.2 Å². The van der Waals surface area contributed by atoms with Crippen LogP contribution in [-0.2, 0) is 27.2 Å².